The maximum Gasteiger partial charge on any atom is 0.264 e. The third kappa shape index (κ3) is 3.04. The van der Waals surface area contributed by atoms with Crippen LogP contribution in [0.5, 0.6) is 0 Å². The van der Waals surface area contributed by atoms with Gasteiger partial charge in [0.25, 0.3) is 5.91 Å². The number of hydrogen-bond acceptors (Lipinski definition) is 5. The monoisotopic (exact) mass is 349 g/mol. The molecule has 3 heterocycles. The van der Waals surface area contributed by atoms with Gasteiger partial charge in [0.05, 0.1) is 11.2 Å². The highest BCUT2D eigenvalue weighted by molar-refractivity contribution is 7.11. The van der Waals surface area contributed by atoms with Gasteiger partial charge < -0.3 is 9.73 Å². The summed E-state index contributed by atoms with van der Waals surface area (Å²) in [5.74, 6) is 0.499. The standard InChI is InChI=1S/C19H15N3O2S/c1-12-18(25-11-21-12)19(23)22-17(14-6-4-8-20-10-14)16-9-13-5-2-3-7-15(13)24-16/h2-11,17H,1H3,(H,22,23)/t17-/m1/s1. The molecule has 6 heteroatoms. The Hall–Kier alpha value is -2.99. The third-order valence-corrected chi connectivity index (χ3v) is 4.90. The first-order valence-corrected chi connectivity index (χ1v) is 8.69. The van der Waals surface area contributed by atoms with E-state index in [1.807, 2.05) is 49.4 Å². The van der Waals surface area contributed by atoms with Crippen molar-refractivity contribution in [2.24, 2.45) is 0 Å². The van der Waals surface area contributed by atoms with Crippen LogP contribution in [0.25, 0.3) is 11.0 Å². The van der Waals surface area contributed by atoms with E-state index in [0.29, 0.717) is 10.6 Å². The number of carbonyl (C=O) groups excluding carboxylic acids is 1. The van der Waals surface area contributed by atoms with Crippen LogP contribution in [0.15, 0.2) is 64.8 Å². The van der Waals surface area contributed by atoms with Crippen LogP contribution in [0.2, 0.25) is 0 Å². The molecule has 0 bridgehead atoms. The Kier molecular flexibility index (Phi) is 4.03. The van der Waals surface area contributed by atoms with Crippen LogP contribution in [-0.4, -0.2) is 15.9 Å². The molecule has 0 aliphatic heterocycles. The van der Waals surface area contributed by atoms with E-state index < -0.39 is 6.04 Å². The SMILES string of the molecule is Cc1ncsc1C(=O)N[C@H](c1cccnc1)c1cc2ccccc2o1. The molecule has 5 nitrogen and oxygen atoms in total. The summed E-state index contributed by atoms with van der Waals surface area (Å²) in [4.78, 5) is 21.6. The minimum Gasteiger partial charge on any atom is -0.459 e. The van der Waals surface area contributed by atoms with Gasteiger partial charge in [0, 0.05) is 23.3 Å². The molecule has 1 aromatic carbocycles. The first kappa shape index (κ1) is 15.5. The van der Waals surface area contributed by atoms with Crippen LogP contribution in [-0.2, 0) is 0 Å². The molecule has 1 amide bonds. The van der Waals surface area contributed by atoms with Crippen molar-refractivity contribution in [1.82, 2.24) is 15.3 Å². The van der Waals surface area contributed by atoms with Crippen molar-refractivity contribution in [3.63, 3.8) is 0 Å². The summed E-state index contributed by atoms with van der Waals surface area (Å²) in [6.07, 6.45) is 3.44. The predicted octanol–water partition coefficient (Wildman–Crippen LogP) is 4.11. The van der Waals surface area contributed by atoms with Crippen molar-refractivity contribution in [2.75, 3.05) is 0 Å². The second-order valence-corrected chi connectivity index (χ2v) is 6.50. The van der Waals surface area contributed by atoms with E-state index in [9.17, 15) is 4.79 Å². The number of aryl methyl sites for hydroxylation is 1. The van der Waals surface area contributed by atoms with Gasteiger partial charge in [-0.15, -0.1) is 11.3 Å². The normalized spacial score (nSPS) is 12.2. The molecule has 25 heavy (non-hydrogen) atoms. The minimum absolute atomic E-state index is 0.172. The van der Waals surface area contributed by atoms with Crippen LogP contribution >= 0.6 is 11.3 Å². The molecule has 0 radical (unpaired) electrons. The van der Waals surface area contributed by atoms with Gasteiger partial charge in [-0.25, -0.2) is 4.98 Å². The van der Waals surface area contributed by atoms with Crippen molar-refractivity contribution in [2.45, 2.75) is 13.0 Å². The van der Waals surface area contributed by atoms with Crippen molar-refractivity contribution in [1.29, 1.82) is 0 Å². The highest BCUT2D eigenvalue weighted by Gasteiger charge is 2.23. The van der Waals surface area contributed by atoms with Crippen LogP contribution < -0.4 is 5.32 Å². The number of furan rings is 1. The Morgan fingerprint density at radius 3 is 2.84 bits per heavy atom. The van der Waals surface area contributed by atoms with Crippen molar-refractivity contribution < 1.29 is 9.21 Å². The molecule has 4 aromatic rings. The summed E-state index contributed by atoms with van der Waals surface area (Å²) in [7, 11) is 0. The molecule has 0 saturated heterocycles. The number of fused-ring (bicyclic) bond motifs is 1. The van der Waals surface area contributed by atoms with Gasteiger partial charge in [0.15, 0.2) is 0 Å². The number of para-hydroxylation sites is 1. The van der Waals surface area contributed by atoms with Crippen molar-refractivity contribution in [3.8, 4) is 0 Å². The highest BCUT2D eigenvalue weighted by atomic mass is 32.1. The Balaban J connectivity index is 1.74. The molecular formula is C19H15N3O2S. The maximum atomic E-state index is 12.7. The maximum absolute atomic E-state index is 12.7. The number of benzene rings is 1. The van der Waals surface area contributed by atoms with Crippen LogP contribution in [0.4, 0.5) is 0 Å². The summed E-state index contributed by atoms with van der Waals surface area (Å²) >= 11 is 1.33. The van der Waals surface area contributed by atoms with Crippen LogP contribution in [0.3, 0.4) is 0 Å². The van der Waals surface area contributed by atoms with Gasteiger partial charge in [-0.1, -0.05) is 24.3 Å². The average molecular weight is 349 g/mol. The van der Waals surface area contributed by atoms with Crippen molar-refractivity contribution in [3.05, 3.63) is 82.3 Å². The number of thiazole rings is 1. The number of rotatable bonds is 4. The van der Waals surface area contributed by atoms with Gasteiger partial charge in [0.1, 0.15) is 22.3 Å². The topological polar surface area (TPSA) is 68.0 Å². The fourth-order valence-electron chi connectivity index (χ4n) is 2.73. The lowest BCUT2D eigenvalue weighted by Crippen LogP contribution is -2.29. The molecule has 124 valence electrons. The molecule has 1 N–H and O–H groups in total. The zero-order valence-corrected chi connectivity index (χ0v) is 14.3. The zero-order chi connectivity index (χ0) is 17.2. The molecule has 1 atom stereocenters. The van der Waals surface area contributed by atoms with Crippen LogP contribution in [0, 0.1) is 6.92 Å². The van der Waals surface area contributed by atoms with E-state index in [4.69, 9.17) is 4.42 Å². The van der Waals surface area contributed by atoms with Crippen molar-refractivity contribution >= 4 is 28.2 Å². The lowest BCUT2D eigenvalue weighted by atomic mass is 10.1. The van der Waals surface area contributed by atoms with Gasteiger partial charge in [0.2, 0.25) is 0 Å². The van der Waals surface area contributed by atoms with E-state index in [-0.39, 0.29) is 5.91 Å². The number of amides is 1. The quantitative estimate of drug-likeness (QED) is 0.602. The zero-order valence-electron chi connectivity index (χ0n) is 13.5. The number of hydrogen-bond donors (Lipinski definition) is 1. The van der Waals surface area contributed by atoms with Gasteiger partial charge >= 0.3 is 0 Å². The molecule has 4 rings (SSSR count). The van der Waals surface area contributed by atoms with E-state index >= 15 is 0 Å². The Bertz CT molecular complexity index is 990. The lowest BCUT2D eigenvalue weighted by Gasteiger charge is -2.16. The average Bonchev–Trinajstić information content (AvgIpc) is 3.26. The molecule has 0 saturated carbocycles. The van der Waals surface area contributed by atoms with E-state index in [1.54, 1.807) is 17.9 Å². The molecule has 0 aliphatic rings. The molecule has 3 aromatic heterocycles. The molecule has 0 spiro atoms. The number of nitrogens with zero attached hydrogens (tertiary/aromatic N) is 2. The van der Waals surface area contributed by atoms with Gasteiger partial charge in [-0.2, -0.15) is 0 Å². The summed E-state index contributed by atoms with van der Waals surface area (Å²) < 4.78 is 5.98. The second-order valence-electron chi connectivity index (χ2n) is 5.65. The van der Waals surface area contributed by atoms with Gasteiger partial charge in [-0.3, -0.25) is 9.78 Å². The molecule has 0 unspecified atom stereocenters. The predicted molar refractivity (Wildman–Crippen MR) is 96.6 cm³/mol. The van der Waals surface area contributed by atoms with E-state index in [1.165, 1.54) is 11.3 Å². The second kappa shape index (κ2) is 6.49. The number of carbonyl (C=O) groups is 1. The first-order chi connectivity index (χ1) is 12.2. The molecular weight excluding hydrogens is 334 g/mol. The summed E-state index contributed by atoms with van der Waals surface area (Å²) in [5.41, 5.74) is 4.04. The fraction of sp³-hybridized carbons (Fsp3) is 0.105. The lowest BCUT2D eigenvalue weighted by molar-refractivity contribution is 0.0942. The minimum atomic E-state index is -0.421. The Labute approximate surface area is 148 Å². The fourth-order valence-corrected chi connectivity index (χ4v) is 3.43. The molecule has 0 aliphatic carbocycles. The summed E-state index contributed by atoms with van der Waals surface area (Å²) in [6.45, 7) is 1.83. The third-order valence-electron chi connectivity index (χ3n) is 3.97. The molecule has 0 fully saturated rings. The first-order valence-electron chi connectivity index (χ1n) is 7.82. The Morgan fingerprint density at radius 1 is 1.24 bits per heavy atom. The number of aromatic nitrogens is 2. The highest BCUT2D eigenvalue weighted by Crippen LogP contribution is 2.28. The Morgan fingerprint density at radius 2 is 2.12 bits per heavy atom. The largest absolute Gasteiger partial charge is 0.459 e. The number of pyridine rings is 1. The smallest absolute Gasteiger partial charge is 0.264 e. The number of nitrogens with one attached hydrogen (secondary N) is 1. The van der Waals surface area contributed by atoms with Gasteiger partial charge in [-0.05, 0) is 25.1 Å². The van der Waals surface area contributed by atoms with E-state index in [2.05, 4.69) is 15.3 Å². The summed E-state index contributed by atoms with van der Waals surface area (Å²) in [5, 5.41) is 4.05. The van der Waals surface area contributed by atoms with E-state index in [0.717, 1.165) is 22.2 Å². The summed E-state index contributed by atoms with van der Waals surface area (Å²) in [6, 6.07) is 13.1. The van der Waals surface area contributed by atoms with Crippen LogP contribution in [0.1, 0.15) is 32.7 Å².